The van der Waals surface area contributed by atoms with E-state index in [1.807, 2.05) is 0 Å². The van der Waals surface area contributed by atoms with Crippen molar-refractivity contribution in [3.05, 3.63) is 0 Å². The van der Waals surface area contributed by atoms with E-state index in [-0.39, 0.29) is 0 Å². The highest BCUT2D eigenvalue weighted by atomic mass is 16.4. The smallest absolute Gasteiger partial charge is 0.303 e. The Morgan fingerprint density at radius 3 is 2.75 bits per heavy atom. The Labute approximate surface area is 98.6 Å². The van der Waals surface area contributed by atoms with E-state index in [9.17, 15) is 4.79 Å². The largest absolute Gasteiger partial charge is 0.481 e. The van der Waals surface area contributed by atoms with Crippen LogP contribution in [-0.2, 0) is 4.79 Å². The van der Waals surface area contributed by atoms with Crippen LogP contribution in [0.3, 0.4) is 0 Å². The third kappa shape index (κ3) is 4.52. The van der Waals surface area contributed by atoms with Crippen molar-refractivity contribution in [2.45, 2.75) is 58.4 Å². The van der Waals surface area contributed by atoms with E-state index >= 15 is 0 Å². The standard InChI is InChI=1S/C13H25NO2/c1-10-6-5-7-12(11(10)2)14-9-4-3-8-13(15)16/h10-12,14H,3-9H2,1-2H3,(H,15,16). The molecule has 1 aliphatic rings. The minimum Gasteiger partial charge on any atom is -0.481 e. The maximum Gasteiger partial charge on any atom is 0.303 e. The average Bonchev–Trinajstić information content (AvgIpc) is 2.23. The van der Waals surface area contributed by atoms with Crippen LogP contribution in [0, 0.1) is 11.8 Å². The van der Waals surface area contributed by atoms with E-state index in [0.717, 1.165) is 31.2 Å². The van der Waals surface area contributed by atoms with Gasteiger partial charge in [-0.25, -0.2) is 0 Å². The molecule has 0 bridgehead atoms. The summed E-state index contributed by atoms with van der Waals surface area (Å²) in [5, 5.41) is 12.1. The van der Waals surface area contributed by atoms with Gasteiger partial charge in [0.25, 0.3) is 0 Å². The molecule has 0 amide bonds. The summed E-state index contributed by atoms with van der Waals surface area (Å²) >= 11 is 0. The molecule has 1 aliphatic carbocycles. The number of carboxylic acid groups (broad SMARTS) is 1. The summed E-state index contributed by atoms with van der Waals surface area (Å²) in [5.74, 6) is 0.901. The molecule has 3 nitrogen and oxygen atoms in total. The van der Waals surface area contributed by atoms with Crippen molar-refractivity contribution in [2.24, 2.45) is 11.8 Å². The molecule has 0 aromatic rings. The molecule has 3 heteroatoms. The van der Waals surface area contributed by atoms with Crippen molar-refractivity contribution in [2.75, 3.05) is 6.54 Å². The predicted molar refractivity (Wildman–Crippen MR) is 65.5 cm³/mol. The van der Waals surface area contributed by atoms with Gasteiger partial charge in [-0.2, -0.15) is 0 Å². The molecule has 0 spiro atoms. The number of carboxylic acids is 1. The van der Waals surface area contributed by atoms with Crippen LogP contribution >= 0.6 is 0 Å². The Balaban J connectivity index is 2.10. The van der Waals surface area contributed by atoms with Crippen molar-refractivity contribution in [1.82, 2.24) is 5.32 Å². The quantitative estimate of drug-likeness (QED) is 0.686. The van der Waals surface area contributed by atoms with E-state index in [2.05, 4.69) is 19.2 Å². The maximum absolute atomic E-state index is 10.3. The second-order valence-corrected chi connectivity index (χ2v) is 5.18. The lowest BCUT2D eigenvalue weighted by Crippen LogP contribution is -2.41. The fourth-order valence-electron chi connectivity index (χ4n) is 2.56. The van der Waals surface area contributed by atoms with E-state index in [1.165, 1.54) is 19.3 Å². The summed E-state index contributed by atoms with van der Waals surface area (Å²) in [6.45, 7) is 5.64. The van der Waals surface area contributed by atoms with Gasteiger partial charge in [-0.05, 0) is 37.6 Å². The van der Waals surface area contributed by atoms with Gasteiger partial charge >= 0.3 is 5.97 Å². The van der Waals surface area contributed by atoms with Crippen LogP contribution in [0.5, 0.6) is 0 Å². The number of aliphatic carboxylic acids is 1. The zero-order valence-electron chi connectivity index (χ0n) is 10.5. The zero-order chi connectivity index (χ0) is 12.0. The molecule has 94 valence electrons. The first kappa shape index (κ1) is 13.5. The summed E-state index contributed by atoms with van der Waals surface area (Å²) in [4.78, 5) is 10.3. The van der Waals surface area contributed by atoms with Crippen LogP contribution in [-0.4, -0.2) is 23.7 Å². The molecule has 2 N–H and O–H groups in total. The predicted octanol–water partition coefficient (Wildman–Crippen LogP) is 2.66. The Bertz CT molecular complexity index is 218. The van der Waals surface area contributed by atoms with E-state index in [0.29, 0.717) is 12.5 Å². The summed E-state index contributed by atoms with van der Waals surface area (Å²) in [6, 6.07) is 0.647. The first-order chi connectivity index (χ1) is 7.61. The van der Waals surface area contributed by atoms with Gasteiger partial charge in [0.05, 0.1) is 0 Å². The zero-order valence-corrected chi connectivity index (χ0v) is 10.5. The Kier molecular flexibility index (Phi) is 5.81. The van der Waals surface area contributed by atoms with Crippen molar-refractivity contribution < 1.29 is 9.90 Å². The summed E-state index contributed by atoms with van der Waals surface area (Å²) in [5.41, 5.74) is 0. The van der Waals surface area contributed by atoms with Crippen LogP contribution < -0.4 is 5.32 Å². The van der Waals surface area contributed by atoms with E-state index in [1.54, 1.807) is 0 Å². The third-order valence-electron chi connectivity index (χ3n) is 3.93. The topological polar surface area (TPSA) is 49.3 Å². The van der Waals surface area contributed by atoms with Gasteiger partial charge in [0, 0.05) is 12.5 Å². The Morgan fingerprint density at radius 2 is 2.06 bits per heavy atom. The SMILES string of the molecule is CC1CCCC(NCCCCC(=O)O)C1C. The van der Waals surface area contributed by atoms with Crippen LogP contribution in [0.2, 0.25) is 0 Å². The van der Waals surface area contributed by atoms with E-state index < -0.39 is 5.97 Å². The number of hydrogen-bond acceptors (Lipinski definition) is 2. The normalized spacial score (nSPS) is 30.2. The lowest BCUT2D eigenvalue weighted by atomic mass is 9.78. The fraction of sp³-hybridized carbons (Fsp3) is 0.923. The van der Waals surface area contributed by atoms with Gasteiger partial charge < -0.3 is 10.4 Å². The van der Waals surface area contributed by atoms with Gasteiger partial charge in [-0.15, -0.1) is 0 Å². The minimum absolute atomic E-state index is 0.304. The van der Waals surface area contributed by atoms with Gasteiger partial charge in [-0.1, -0.05) is 26.7 Å². The molecule has 0 aromatic carbocycles. The highest BCUT2D eigenvalue weighted by Gasteiger charge is 2.26. The van der Waals surface area contributed by atoms with Crippen LogP contribution in [0.25, 0.3) is 0 Å². The third-order valence-corrected chi connectivity index (χ3v) is 3.93. The molecule has 0 aromatic heterocycles. The molecule has 16 heavy (non-hydrogen) atoms. The molecule has 1 rings (SSSR count). The van der Waals surface area contributed by atoms with Gasteiger partial charge in [0.15, 0.2) is 0 Å². The van der Waals surface area contributed by atoms with Crippen LogP contribution in [0.4, 0.5) is 0 Å². The Morgan fingerprint density at radius 1 is 1.31 bits per heavy atom. The molecule has 0 saturated heterocycles. The lowest BCUT2D eigenvalue weighted by molar-refractivity contribution is -0.137. The van der Waals surface area contributed by atoms with Crippen molar-refractivity contribution in [1.29, 1.82) is 0 Å². The highest BCUT2D eigenvalue weighted by molar-refractivity contribution is 5.66. The first-order valence-electron chi connectivity index (χ1n) is 6.56. The molecular weight excluding hydrogens is 202 g/mol. The van der Waals surface area contributed by atoms with Gasteiger partial charge in [-0.3, -0.25) is 4.79 Å². The van der Waals surface area contributed by atoms with Crippen molar-refractivity contribution in [3.63, 3.8) is 0 Å². The molecule has 3 unspecified atom stereocenters. The highest BCUT2D eigenvalue weighted by Crippen LogP contribution is 2.29. The van der Waals surface area contributed by atoms with Gasteiger partial charge in [0.1, 0.15) is 0 Å². The lowest BCUT2D eigenvalue weighted by Gasteiger charge is -2.34. The molecule has 0 radical (unpaired) electrons. The number of hydrogen-bond donors (Lipinski definition) is 2. The van der Waals surface area contributed by atoms with Crippen molar-refractivity contribution in [3.8, 4) is 0 Å². The van der Waals surface area contributed by atoms with Crippen LogP contribution in [0.15, 0.2) is 0 Å². The summed E-state index contributed by atoms with van der Waals surface area (Å²) in [6.07, 6.45) is 6.04. The number of nitrogens with one attached hydrogen (secondary N) is 1. The van der Waals surface area contributed by atoms with Gasteiger partial charge in [0.2, 0.25) is 0 Å². The second-order valence-electron chi connectivity index (χ2n) is 5.18. The minimum atomic E-state index is -0.681. The second kappa shape index (κ2) is 6.89. The Hall–Kier alpha value is -0.570. The maximum atomic E-state index is 10.3. The first-order valence-corrected chi connectivity index (χ1v) is 6.56. The number of rotatable bonds is 6. The fourth-order valence-corrected chi connectivity index (χ4v) is 2.56. The molecule has 1 saturated carbocycles. The number of unbranched alkanes of at least 4 members (excludes halogenated alkanes) is 1. The molecule has 3 atom stereocenters. The summed E-state index contributed by atoms with van der Waals surface area (Å²) in [7, 11) is 0. The number of carbonyl (C=O) groups is 1. The van der Waals surface area contributed by atoms with Crippen molar-refractivity contribution >= 4 is 5.97 Å². The molecule has 0 aliphatic heterocycles. The monoisotopic (exact) mass is 227 g/mol. The van der Waals surface area contributed by atoms with Crippen LogP contribution in [0.1, 0.15) is 52.4 Å². The van der Waals surface area contributed by atoms with E-state index in [4.69, 9.17) is 5.11 Å². The molecular formula is C13H25NO2. The molecule has 1 fully saturated rings. The average molecular weight is 227 g/mol. The summed E-state index contributed by atoms with van der Waals surface area (Å²) < 4.78 is 0. The molecule has 0 heterocycles.